The molecule has 1 N–H and O–H groups in total. The fourth-order valence-electron chi connectivity index (χ4n) is 3.86. The topological polar surface area (TPSA) is 29.1 Å². The highest BCUT2D eigenvalue weighted by Gasteiger charge is 2.21. The number of nitrogens with one attached hydrogen (secondary N) is 1. The maximum Gasteiger partial charge on any atom is 0.251 e. The van der Waals surface area contributed by atoms with Crippen molar-refractivity contribution < 1.29 is 4.79 Å². The number of hydrogen-bond donors (Lipinski definition) is 1. The SMILES string of the molecule is Cc1ccc(C(=O)NC2CCCCC2)cc1C(C)C[Si](C)(C)C. The van der Waals surface area contributed by atoms with Gasteiger partial charge >= 0.3 is 0 Å². The van der Waals surface area contributed by atoms with E-state index in [4.69, 9.17) is 0 Å². The number of benzene rings is 1. The van der Waals surface area contributed by atoms with E-state index in [2.05, 4.69) is 50.9 Å². The van der Waals surface area contributed by atoms with Gasteiger partial charge in [0.05, 0.1) is 0 Å². The van der Waals surface area contributed by atoms with Crippen LogP contribution in [0.15, 0.2) is 18.2 Å². The highest BCUT2D eigenvalue weighted by Crippen LogP contribution is 2.29. The van der Waals surface area contributed by atoms with Gasteiger partial charge in [-0.05, 0) is 48.9 Å². The van der Waals surface area contributed by atoms with E-state index in [0.29, 0.717) is 12.0 Å². The first-order valence-corrected chi connectivity index (χ1v) is 12.9. The molecule has 0 aromatic heterocycles. The highest BCUT2D eigenvalue weighted by atomic mass is 28.3. The largest absolute Gasteiger partial charge is 0.349 e. The summed E-state index contributed by atoms with van der Waals surface area (Å²) in [6, 6.07) is 7.88. The number of hydrogen-bond acceptors (Lipinski definition) is 1. The van der Waals surface area contributed by atoms with Crippen LogP contribution in [0.1, 0.15) is 66.4 Å². The molecular formula is C20H33NOSi. The Hall–Kier alpha value is -1.09. The molecule has 0 saturated heterocycles. The predicted molar refractivity (Wildman–Crippen MR) is 102 cm³/mol. The summed E-state index contributed by atoms with van der Waals surface area (Å²) in [5.41, 5.74) is 3.49. The molecule has 0 radical (unpaired) electrons. The minimum Gasteiger partial charge on any atom is -0.349 e. The molecule has 0 aliphatic heterocycles. The Morgan fingerprint density at radius 1 is 1.22 bits per heavy atom. The standard InChI is InChI=1S/C20H33NOSi/c1-15-11-12-17(13-19(15)16(2)14-23(3,4)5)20(22)21-18-9-7-6-8-10-18/h11-13,16,18H,6-10,14H2,1-5H3,(H,21,22). The van der Waals surface area contributed by atoms with Crippen molar-refractivity contribution in [2.75, 3.05) is 0 Å². The maximum atomic E-state index is 12.6. The van der Waals surface area contributed by atoms with E-state index in [1.54, 1.807) is 0 Å². The van der Waals surface area contributed by atoms with Crippen molar-refractivity contribution in [3.05, 3.63) is 34.9 Å². The first-order valence-electron chi connectivity index (χ1n) is 9.18. The third-order valence-corrected chi connectivity index (χ3v) is 6.77. The normalized spacial score (nSPS) is 17.8. The first kappa shape index (κ1) is 18.2. The number of carbonyl (C=O) groups excluding carboxylic acids is 1. The van der Waals surface area contributed by atoms with Crippen LogP contribution in [0.3, 0.4) is 0 Å². The molecule has 1 aliphatic carbocycles. The monoisotopic (exact) mass is 331 g/mol. The second kappa shape index (κ2) is 7.65. The molecule has 2 nitrogen and oxygen atoms in total. The van der Waals surface area contributed by atoms with Crippen molar-refractivity contribution in [3.63, 3.8) is 0 Å². The molecule has 1 atom stereocenters. The van der Waals surface area contributed by atoms with E-state index >= 15 is 0 Å². The number of carbonyl (C=O) groups is 1. The van der Waals surface area contributed by atoms with Crippen LogP contribution in [-0.4, -0.2) is 20.0 Å². The average Bonchev–Trinajstić information content (AvgIpc) is 2.46. The van der Waals surface area contributed by atoms with E-state index in [9.17, 15) is 4.79 Å². The summed E-state index contributed by atoms with van der Waals surface area (Å²) in [5, 5.41) is 3.24. The summed E-state index contributed by atoms with van der Waals surface area (Å²) in [7, 11) is -1.11. The van der Waals surface area contributed by atoms with Crippen molar-refractivity contribution in [3.8, 4) is 0 Å². The van der Waals surface area contributed by atoms with Crippen LogP contribution in [0.4, 0.5) is 0 Å². The second-order valence-corrected chi connectivity index (χ2v) is 14.1. The molecule has 1 saturated carbocycles. The zero-order valence-corrected chi connectivity index (χ0v) is 16.5. The quantitative estimate of drug-likeness (QED) is 0.709. The first-order chi connectivity index (χ1) is 10.8. The average molecular weight is 332 g/mol. The zero-order valence-electron chi connectivity index (χ0n) is 15.5. The van der Waals surface area contributed by atoms with Crippen LogP contribution in [-0.2, 0) is 0 Å². The molecule has 0 spiro atoms. The fourth-order valence-corrected chi connectivity index (χ4v) is 5.91. The number of aryl methyl sites for hydroxylation is 1. The van der Waals surface area contributed by atoms with Crippen LogP contribution in [0.5, 0.6) is 0 Å². The van der Waals surface area contributed by atoms with Gasteiger partial charge in [0.1, 0.15) is 0 Å². The lowest BCUT2D eigenvalue weighted by atomic mass is 9.94. The van der Waals surface area contributed by atoms with Crippen LogP contribution < -0.4 is 5.32 Å². The van der Waals surface area contributed by atoms with Crippen molar-refractivity contribution in [2.24, 2.45) is 0 Å². The smallest absolute Gasteiger partial charge is 0.251 e. The van der Waals surface area contributed by atoms with Gasteiger partial charge in [-0.1, -0.05) is 57.9 Å². The van der Waals surface area contributed by atoms with Gasteiger partial charge in [-0.15, -0.1) is 0 Å². The van der Waals surface area contributed by atoms with E-state index in [1.165, 1.54) is 36.4 Å². The van der Waals surface area contributed by atoms with Gasteiger partial charge in [-0.25, -0.2) is 0 Å². The molecule has 0 heterocycles. The molecule has 128 valence electrons. The van der Waals surface area contributed by atoms with Crippen LogP contribution in [0.2, 0.25) is 25.7 Å². The lowest BCUT2D eigenvalue weighted by molar-refractivity contribution is 0.0927. The lowest BCUT2D eigenvalue weighted by Gasteiger charge is -2.25. The van der Waals surface area contributed by atoms with E-state index in [-0.39, 0.29) is 5.91 Å². The van der Waals surface area contributed by atoms with Crippen molar-refractivity contribution in [2.45, 2.75) is 83.6 Å². The van der Waals surface area contributed by atoms with Crippen LogP contribution in [0, 0.1) is 6.92 Å². The summed E-state index contributed by atoms with van der Waals surface area (Å²) in [4.78, 5) is 12.6. The molecule has 3 heteroatoms. The van der Waals surface area contributed by atoms with Crippen molar-refractivity contribution >= 4 is 14.0 Å². The van der Waals surface area contributed by atoms with Gasteiger partial charge in [-0.2, -0.15) is 0 Å². The number of rotatable bonds is 5. The molecule has 2 rings (SSSR count). The van der Waals surface area contributed by atoms with E-state index < -0.39 is 8.07 Å². The van der Waals surface area contributed by atoms with E-state index in [1.807, 2.05) is 6.07 Å². The van der Waals surface area contributed by atoms with Crippen molar-refractivity contribution in [1.29, 1.82) is 0 Å². The third-order valence-electron chi connectivity index (χ3n) is 4.93. The molecule has 1 amide bonds. The van der Waals surface area contributed by atoms with Gasteiger partial charge in [0.25, 0.3) is 5.91 Å². The van der Waals surface area contributed by atoms with Gasteiger partial charge in [0.15, 0.2) is 0 Å². The molecule has 1 aromatic rings. The molecule has 1 aliphatic rings. The van der Waals surface area contributed by atoms with Gasteiger partial charge < -0.3 is 5.32 Å². The Balaban J connectivity index is 2.10. The Bertz CT molecular complexity index is 541. The Kier molecular flexibility index (Phi) is 6.07. The molecule has 1 aromatic carbocycles. The Morgan fingerprint density at radius 3 is 2.48 bits per heavy atom. The van der Waals surface area contributed by atoms with Crippen LogP contribution >= 0.6 is 0 Å². The Labute approximate surface area is 143 Å². The minimum absolute atomic E-state index is 0.110. The second-order valence-electron chi connectivity index (χ2n) is 8.55. The van der Waals surface area contributed by atoms with E-state index in [0.717, 1.165) is 18.4 Å². The molecule has 0 bridgehead atoms. The molecule has 1 fully saturated rings. The van der Waals surface area contributed by atoms with Crippen LogP contribution in [0.25, 0.3) is 0 Å². The van der Waals surface area contributed by atoms with Crippen molar-refractivity contribution in [1.82, 2.24) is 5.32 Å². The summed E-state index contributed by atoms with van der Waals surface area (Å²) in [6.07, 6.45) is 6.08. The molecule has 23 heavy (non-hydrogen) atoms. The number of amides is 1. The third kappa shape index (κ3) is 5.49. The summed E-state index contributed by atoms with van der Waals surface area (Å²) < 4.78 is 0. The maximum absolute atomic E-state index is 12.6. The fraction of sp³-hybridized carbons (Fsp3) is 0.650. The zero-order chi connectivity index (χ0) is 17.0. The minimum atomic E-state index is -1.11. The predicted octanol–water partition coefficient (Wildman–Crippen LogP) is 5.50. The summed E-state index contributed by atoms with van der Waals surface area (Å²) in [5.74, 6) is 0.641. The van der Waals surface area contributed by atoms with Gasteiger partial charge in [0, 0.05) is 19.7 Å². The lowest BCUT2D eigenvalue weighted by Crippen LogP contribution is -2.36. The summed E-state index contributed by atoms with van der Waals surface area (Å²) in [6.45, 7) is 11.7. The molecule has 1 unspecified atom stereocenters. The highest BCUT2D eigenvalue weighted by molar-refractivity contribution is 6.76. The van der Waals surface area contributed by atoms with Gasteiger partial charge in [-0.3, -0.25) is 4.79 Å². The molecular weight excluding hydrogens is 298 g/mol. The Morgan fingerprint density at radius 2 is 1.87 bits per heavy atom. The van der Waals surface area contributed by atoms with Gasteiger partial charge in [0.2, 0.25) is 0 Å². The summed E-state index contributed by atoms with van der Waals surface area (Å²) >= 11 is 0.